The molecule has 0 saturated carbocycles. The SMILES string of the molecule is CN=C(NCCc1cccc(C)c1)NCC(c1ccco1)N1CCCC1. The van der Waals surface area contributed by atoms with Gasteiger partial charge in [0.1, 0.15) is 5.76 Å². The molecule has 0 bridgehead atoms. The molecule has 2 heterocycles. The van der Waals surface area contributed by atoms with E-state index in [0.717, 1.165) is 44.3 Å². The first-order chi connectivity index (χ1) is 12.8. The molecule has 0 spiro atoms. The molecule has 0 aliphatic carbocycles. The number of guanidine groups is 1. The molecule has 26 heavy (non-hydrogen) atoms. The average molecular weight is 354 g/mol. The van der Waals surface area contributed by atoms with Crippen molar-refractivity contribution in [3.05, 3.63) is 59.5 Å². The lowest BCUT2D eigenvalue weighted by Crippen LogP contribution is -2.43. The quantitative estimate of drug-likeness (QED) is 0.592. The van der Waals surface area contributed by atoms with E-state index < -0.39 is 0 Å². The van der Waals surface area contributed by atoms with Crippen LogP contribution >= 0.6 is 0 Å². The van der Waals surface area contributed by atoms with E-state index in [9.17, 15) is 0 Å². The molecule has 1 atom stereocenters. The largest absolute Gasteiger partial charge is 0.468 e. The highest BCUT2D eigenvalue weighted by atomic mass is 16.3. The van der Waals surface area contributed by atoms with E-state index >= 15 is 0 Å². The third-order valence-corrected chi connectivity index (χ3v) is 4.93. The number of rotatable bonds is 7. The third kappa shape index (κ3) is 5.11. The lowest BCUT2D eigenvalue weighted by Gasteiger charge is -2.26. The first-order valence-electron chi connectivity index (χ1n) is 9.54. The van der Waals surface area contributed by atoms with Gasteiger partial charge >= 0.3 is 0 Å². The van der Waals surface area contributed by atoms with Crippen LogP contribution in [0.1, 0.15) is 35.8 Å². The predicted octanol–water partition coefficient (Wildman–Crippen LogP) is 3.13. The van der Waals surface area contributed by atoms with Gasteiger partial charge in [0, 0.05) is 20.1 Å². The van der Waals surface area contributed by atoms with Gasteiger partial charge in [-0.15, -0.1) is 0 Å². The second kappa shape index (κ2) is 9.43. The van der Waals surface area contributed by atoms with Gasteiger partial charge in [-0.3, -0.25) is 9.89 Å². The number of nitrogens with zero attached hydrogens (tertiary/aromatic N) is 2. The standard InChI is InChI=1S/C21H30N4O/c1-17-7-5-8-18(15-17)10-11-23-21(22-2)24-16-19(20-9-6-14-26-20)25-12-3-4-13-25/h5-9,14-15,19H,3-4,10-13,16H2,1-2H3,(H2,22,23,24). The molecule has 5 nitrogen and oxygen atoms in total. The Morgan fingerprint density at radius 2 is 2.04 bits per heavy atom. The zero-order valence-corrected chi connectivity index (χ0v) is 15.9. The van der Waals surface area contributed by atoms with Crippen molar-refractivity contribution in [1.82, 2.24) is 15.5 Å². The van der Waals surface area contributed by atoms with E-state index in [1.54, 1.807) is 6.26 Å². The minimum absolute atomic E-state index is 0.253. The Kier molecular flexibility index (Phi) is 6.72. The molecule has 1 aliphatic rings. The first-order valence-corrected chi connectivity index (χ1v) is 9.54. The van der Waals surface area contributed by atoms with Crippen molar-refractivity contribution in [2.75, 3.05) is 33.2 Å². The van der Waals surface area contributed by atoms with Crippen molar-refractivity contribution in [3.8, 4) is 0 Å². The zero-order valence-electron chi connectivity index (χ0n) is 15.9. The summed E-state index contributed by atoms with van der Waals surface area (Å²) in [5.74, 6) is 1.86. The lowest BCUT2D eigenvalue weighted by molar-refractivity contribution is 0.215. The Morgan fingerprint density at radius 1 is 1.19 bits per heavy atom. The minimum atomic E-state index is 0.253. The molecule has 1 aliphatic heterocycles. The summed E-state index contributed by atoms with van der Waals surface area (Å²) >= 11 is 0. The second-order valence-electron chi connectivity index (χ2n) is 6.89. The van der Waals surface area contributed by atoms with Crippen molar-refractivity contribution in [1.29, 1.82) is 0 Å². The highest BCUT2D eigenvalue weighted by molar-refractivity contribution is 5.79. The summed E-state index contributed by atoms with van der Waals surface area (Å²) in [7, 11) is 1.82. The van der Waals surface area contributed by atoms with E-state index in [4.69, 9.17) is 4.42 Å². The van der Waals surface area contributed by atoms with Crippen molar-refractivity contribution >= 4 is 5.96 Å². The second-order valence-corrected chi connectivity index (χ2v) is 6.89. The lowest BCUT2D eigenvalue weighted by atomic mass is 10.1. The van der Waals surface area contributed by atoms with Crippen molar-refractivity contribution in [3.63, 3.8) is 0 Å². The van der Waals surface area contributed by atoms with Crippen LogP contribution in [0.4, 0.5) is 0 Å². The van der Waals surface area contributed by atoms with E-state index in [1.165, 1.54) is 24.0 Å². The van der Waals surface area contributed by atoms with Gasteiger partial charge in [0.2, 0.25) is 0 Å². The molecular formula is C21H30N4O. The van der Waals surface area contributed by atoms with Gasteiger partial charge in [-0.25, -0.2) is 0 Å². The van der Waals surface area contributed by atoms with Gasteiger partial charge in [0.25, 0.3) is 0 Å². The summed E-state index contributed by atoms with van der Waals surface area (Å²) in [6, 6.07) is 12.9. The Balaban J connectivity index is 1.50. The Morgan fingerprint density at radius 3 is 2.73 bits per heavy atom. The van der Waals surface area contributed by atoms with Gasteiger partial charge in [-0.1, -0.05) is 29.8 Å². The Hall–Kier alpha value is -2.27. The van der Waals surface area contributed by atoms with Crippen LogP contribution in [0.2, 0.25) is 0 Å². The maximum Gasteiger partial charge on any atom is 0.191 e. The van der Waals surface area contributed by atoms with Crippen LogP contribution in [0.5, 0.6) is 0 Å². The van der Waals surface area contributed by atoms with Crippen LogP contribution in [0.3, 0.4) is 0 Å². The molecule has 1 aromatic carbocycles. The number of hydrogen-bond donors (Lipinski definition) is 2. The first kappa shape index (κ1) is 18.5. The number of hydrogen-bond acceptors (Lipinski definition) is 3. The van der Waals surface area contributed by atoms with E-state index in [-0.39, 0.29) is 6.04 Å². The fourth-order valence-corrected chi connectivity index (χ4v) is 3.55. The van der Waals surface area contributed by atoms with Crippen LogP contribution in [0.25, 0.3) is 0 Å². The molecule has 0 radical (unpaired) electrons. The summed E-state index contributed by atoms with van der Waals surface area (Å²) in [5, 5.41) is 6.89. The maximum atomic E-state index is 5.68. The summed E-state index contributed by atoms with van der Waals surface area (Å²) in [6.07, 6.45) is 5.27. The molecule has 140 valence electrons. The van der Waals surface area contributed by atoms with Crippen LogP contribution in [0, 0.1) is 6.92 Å². The number of aliphatic imine (C=N–C) groups is 1. The number of nitrogens with one attached hydrogen (secondary N) is 2. The van der Waals surface area contributed by atoms with Gasteiger partial charge in [-0.2, -0.15) is 0 Å². The molecule has 1 fully saturated rings. The fourth-order valence-electron chi connectivity index (χ4n) is 3.55. The molecule has 0 amide bonds. The van der Waals surface area contributed by atoms with Gasteiger partial charge in [-0.05, 0) is 57.0 Å². The molecule has 5 heteroatoms. The zero-order chi connectivity index (χ0) is 18.2. The van der Waals surface area contributed by atoms with Crippen LogP contribution in [-0.2, 0) is 6.42 Å². The molecule has 1 saturated heterocycles. The van der Waals surface area contributed by atoms with Crippen LogP contribution in [-0.4, -0.2) is 44.1 Å². The topological polar surface area (TPSA) is 52.8 Å². The summed E-state index contributed by atoms with van der Waals surface area (Å²) < 4.78 is 5.68. The van der Waals surface area contributed by atoms with Crippen LogP contribution < -0.4 is 10.6 Å². The normalized spacial score (nSPS) is 16.6. The van der Waals surface area contributed by atoms with Crippen molar-refractivity contribution < 1.29 is 4.42 Å². The van der Waals surface area contributed by atoms with Gasteiger partial charge in [0.15, 0.2) is 5.96 Å². The maximum absolute atomic E-state index is 5.68. The van der Waals surface area contributed by atoms with E-state index in [2.05, 4.69) is 57.8 Å². The molecule has 1 unspecified atom stereocenters. The molecule has 3 rings (SSSR count). The number of likely N-dealkylation sites (tertiary alicyclic amines) is 1. The summed E-state index contributed by atoms with van der Waals surface area (Å²) in [4.78, 5) is 6.85. The Labute approximate surface area is 156 Å². The summed E-state index contributed by atoms with van der Waals surface area (Å²) in [5.41, 5.74) is 2.65. The minimum Gasteiger partial charge on any atom is -0.468 e. The van der Waals surface area contributed by atoms with E-state index in [0.29, 0.717) is 0 Å². The van der Waals surface area contributed by atoms with Gasteiger partial charge < -0.3 is 15.1 Å². The van der Waals surface area contributed by atoms with Crippen molar-refractivity contribution in [2.45, 2.75) is 32.2 Å². The molecule has 2 aromatic rings. The summed E-state index contributed by atoms with van der Waals surface area (Å²) in [6.45, 7) is 6.04. The molecular weight excluding hydrogens is 324 g/mol. The highest BCUT2D eigenvalue weighted by Gasteiger charge is 2.25. The monoisotopic (exact) mass is 354 g/mol. The Bertz CT molecular complexity index is 690. The molecule has 1 aromatic heterocycles. The third-order valence-electron chi connectivity index (χ3n) is 4.93. The molecule has 2 N–H and O–H groups in total. The number of aryl methyl sites for hydroxylation is 1. The van der Waals surface area contributed by atoms with Gasteiger partial charge in [0.05, 0.1) is 12.3 Å². The number of benzene rings is 1. The van der Waals surface area contributed by atoms with E-state index in [1.807, 2.05) is 13.1 Å². The fraction of sp³-hybridized carbons (Fsp3) is 0.476. The smallest absolute Gasteiger partial charge is 0.191 e. The van der Waals surface area contributed by atoms with Crippen molar-refractivity contribution in [2.24, 2.45) is 4.99 Å². The number of furan rings is 1. The highest BCUT2D eigenvalue weighted by Crippen LogP contribution is 2.24. The predicted molar refractivity (Wildman–Crippen MR) is 107 cm³/mol. The van der Waals surface area contributed by atoms with Crippen LogP contribution in [0.15, 0.2) is 52.1 Å². The average Bonchev–Trinajstić information content (AvgIpc) is 3.35.